The van der Waals surface area contributed by atoms with Crippen molar-refractivity contribution in [2.45, 2.75) is 37.4 Å². The summed E-state index contributed by atoms with van der Waals surface area (Å²) in [6.07, 6.45) is 6.30. The number of aromatic nitrogens is 1. The zero-order chi connectivity index (χ0) is 21.8. The summed E-state index contributed by atoms with van der Waals surface area (Å²) in [5.41, 5.74) is 0.705. The number of hydrogen-bond donors (Lipinski definition) is 1. The number of rotatable bonds is 6. The van der Waals surface area contributed by atoms with Crippen molar-refractivity contribution in [2.24, 2.45) is 0 Å². The second-order valence-electron chi connectivity index (χ2n) is 7.89. The van der Waals surface area contributed by atoms with E-state index in [-0.39, 0.29) is 29.4 Å². The molecular weight excluding hydrogens is 402 g/mol. The van der Waals surface area contributed by atoms with Gasteiger partial charge in [-0.25, -0.2) is 0 Å². The van der Waals surface area contributed by atoms with E-state index in [0.29, 0.717) is 36.6 Å². The lowest BCUT2D eigenvalue weighted by molar-refractivity contribution is -0.0712. The van der Waals surface area contributed by atoms with Crippen LogP contribution in [0.25, 0.3) is 0 Å². The number of nitrogens with one attached hydrogen (secondary N) is 1. The largest absolute Gasteiger partial charge is 0.481 e. The van der Waals surface area contributed by atoms with Gasteiger partial charge in [-0.05, 0) is 37.8 Å². The third-order valence-corrected chi connectivity index (χ3v) is 6.04. The van der Waals surface area contributed by atoms with E-state index in [9.17, 15) is 9.59 Å². The lowest BCUT2D eigenvalue weighted by Crippen LogP contribution is -2.47. The van der Waals surface area contributed by atoms with E-state index < -0.39 is 0 Å². The Morgan fingerprint density at radius 3 is 2.68 bits per heavy atom. The Labute approximate surface area is 180 Å². The fourth-order valence-corrected chi connectivity index (χ4v) is 4.26. The lowest BCUT2D eigenvalue weighted by atomic mass is 9.88. The van der Waals surface area contributed by atoms with Crippen molar-refractivity contribution in [1.82, 2.24) is 15.2 Å². The molecular formula is C22H27N3O6. The third-order valence-electron chi connectivity index (χ3n) is 6.04. The highest BCUT2D eigenvalue weighted by atomic mass is 16.5. The molecule has 4 rings (SSSR count). The summed E-state index contributed by atoms with van der Waals surface area (Å²) in [7, 11) is 2.97. The molecule has 2 aromatic rings. The summed E-state index contributed by atoms with van der Waals surface area (Å²) in [4.78, 5) is 31.1. The van der Waals surface area contributed by atoms with Gasteiger partial charge < -0.3 is 28.8 Å². The molecule has 4 heterocycles. The van der Waals surface area contributed by atoms with Gasteiger partial charge in [0.25, 0.3) is 11.8 Å². The molecule has 1 spiro atoms. The summed E-state index contributed by atoms with van der Waals surface area (Å²) in [6.45, 7) is 1.71. The Kier molecular flexibility index (Phi) is 6.13. The molecule has 0 radical (unpaired) electrons. The molecule has 0 aromatic carbocycles. The molecule has 0 bridgehead atoms. The van der Waals surface area contributed by atoms with Gasteiger partial charge in [0, 0.05) is 25.7 Å². The number of likely N-dealkylation sites (tertiary alicyclic amines) is 1. The molecule has 1 atom stereocenters. The van der Waals surface area contributed by atoms with E-state index in [1.807, 2.05) is 4.90 Å². The molecule has 166 valence electrons. The first-order valence-electron chi connectivity index (χ1n) is 10.4. The van der Waals surface area contributed by atoms with Gasteiger partial charge in [0.05, 0.1) is 37.8 Å². The zero-order valence-corrected chi connectivity index (χ0v) is 17.8. The highest BCUT2D eigenvalue weighted by Crippen LogP contribution is 2.39. The van der Waals surface area contributed by atoms with E-state index in [0.717, 1.165) is 25.7 Å². The second kappa shape index (κ2) is 8.97. The van der Waals surface area contributed by atoms with Crippen LogP contribution in [0.4, 0.5) is 0 Å². The molecule has 2 amide bonds. The average molecular weight is 429 g/mol. The number of carbonyl (C=O) groups is 2. The minimum absolute atomic E-state index is 0.00698. The summed E-state index contributed by atoms with van der Waals surface area (Å²) in [5.74, 6) is 0.326. The van der Waals surface area contributed by atoms with Crippen LogP contribution in [-0.2, 0) is 4.74 Å². The highest BCUT2D eigenvalue weighted by molar-refractivity contribution is 5.96. The van der Waals surface area contributed by atoms with Gasteiger partial charge >= 0.3 is 0 Å². The maximum Gasteiger partial charge on any atom is 0.257 e. The number of pyridine rings is 1. The molecule has 9 nitrogen and oxygen atoms in total. The van der Waals surface area contributed by atoms with Gasteiger partial charge in [0.2, 0.25) is 11.8 Å². The van der Waals surface area contributed by atoms with E-state index in [1.54, 1.807) is 18.2 Å². The van der Waals surface area contributed by atoms with E-state index in [4.69, 9.17) is 18.6 Å². The predicted octanol–water partition coefficient (Wildman–Crippen LogP) is 2.28. The fourth-order valence-electron chi connectivity index (χ4n) is 4.26. The summed E-state index contributed by atoms with van der Waals surface area (Å²) >= 11 is 0. The van der Waals surface area contributed by atoms with Gasteiger partial charge in [0.15, 0.2) is 0 Å². The molecule has 2 aliphatic heterocycles. The number of carbonyl (C=O) groups excluding carboxylic acids is 2. The summed E-state index contributed by atoms with van der Waals surface area (Å²) in [5, 5.41) is 2.92. The van der Waals surface area contributed by atoms with Crippen LogP contribution < -0.4 is 14.8 Å². The minimum atomic E-state index is -0.267. The lowest BCUT2D eigenvalue weighted by Gasteiger charge is -2.39. The number of amides is 2. The first-order valence-corrected chi connectivity index (χ1v) is 10.4. The molecule has 0 saturated carbocycles. The maximum absolute atomic E-state index is 12.6. The van der Waals surface area contributed by atoms with Crippen molar-refractivity contribution in [3.8, 4) is 11.8 Å². The van der Waals surface area contributed by atoms with Crippen LogP contribution in [0, 0.1) is 0 Å². The Morgan fingerprint density at radius 2 is 2.00 bits per heavy atom. The number of hydrogen-bond acceptors (Lipinski definition) is 7. The molecule has 2 fully saturated rings. The normalized spacial score (nSPS) is 19.9. The Balaban J connectivity index is 1.28. The van der Waals surface area contributed by atoms with Crippen LogP contribution in [0.15, 0.2) is 35.1 Å². The van der Waals surface area contributed by atoms with Crippen LogP contribution in [0.3, 0.4) is 0 Å². The SMILES string of the molecule is COc1ccc(C(=O)NCC2CCC3(CCN(C(=O)c4ccoc4)CC3)O2)c(OC)n1. The van der Waals surface area contributed by atoms with Crippen molar-refractivity contribution < 1.29 is 28.2 Å². The minimum Gasteiger partial charge on any atom is -0.481 e. The second-order valence-corrected chi connectivity index (χ2v) is 7.89. The quantitative estimate of drug-likeness (QED) is 0.751. The molecule has 0 aliphatic carbocycles. The number of nitrogens with zero attached hydrogens (tertiary/aromatic N) is 2. The van der Waals surface area contributed by atoms with Gasteiger partial charge in [-0.2, -0.15) is 4.98 Å². The van der Waals surface area contributed by atoms with Crippen molar-refractivity contribution in [3.63, 3.8) is 0 Å². The van der Waals surface area contributed by atoms with Crippen molar-refractivity contribution in [3.05, 3.63) is 41.9 Å². The Morgan fingerprint density at radius 1 is 1.19 bits per heavy atom. The highest BCUT2D eigenvalue weighted by Gasteiger charge is 2.43. The van der Waals surface area contributed by atoms with Crippen LogP contribution in [0.2, 0.25) is 0 Å². The molecule has 2 saturated heterocycles. The standard InChI is InChI=1S/C22H27N3O6/c1-28-18-4-3-17(20(24-18)29-2)19(26)23-13-16-5-7-22(31-16)8-10-25(11-9-22)21(27)15-6-12-30-14-15/h3-4,6,12,14,16H,5,7-11,13H2,1-2H3,(H,23,26). The first-order chi connectivity index (χ1) is 15.0. The molecule has 1 unspecified atom stereocenters. The zero-order valence-electron chi connectivity index (χ0n) is 17.8. The molecule has 2 aromatic heterocycles. The van der Waals surface area contributed by atoms with Gasteiger partial charge in [-0.3, -0.25) is 9.59 Å². The Hall–Kier alpha value is -3.07. The predicted molar refractivity (Wildman–Crippen MR) is 110 cm³/mol. The van der Waals surface area contributed by atoms with Gasteiger partial charge in [-0.1, -0.05) is 0 Å². The average Bonchev–Trinajstić information content (AvgIpc) is 3.48. The number of piperidine rings is 1. The number of methoxy groups -OCH3 is 2. The topological polar surface area (TPSA) is 103 Å². The van der Waals surface area contributed by atoms with Crippen LogP contribution >= 0.6 is 0 Å². The third kappa shape index (κ3) is 4.51. The number of ether oxygens (including phenoxy) is 3. The maximum atomic E-state index is 12.6. The van der Waals surface area contributed by atoms with Crippen LogP contribution in [-0.4, -0.2) is 67.3 Å². The van der Waals surface area contributed by atoms with Crippen LogP contribution in [0.1, 0.15) is 46.4 Å². The van der Waals surface area contributed by atoms with Crippen LogP contribution in [0.5, 0.6) is 11.8 Å². The van der Waals surface area contributed by atoms with Gasteiger partial charge in [0.1, 0.15) is 11.8 Å². The van der Waals surface area contributed by atoms with E-state index >= 15 is 0 Å². The van der Waals surface area contributed by atoms with E-state index in [1.165, 1.54) is 26.7 Å². The molecule has 31 heavy (non-hydrogen) atoms. The molecule has 9 heteroatoms. The molecule has 1 N–H and O–H groups in total. The Bertz CT molecular complexity index is 921. The van der Waals surface area contributed by atoms with Crippen molar-refractivity contribution >= 4 is 11.8 Å². The smallest absolute Gasteiger partial charge is 0.257 e. The van der Waals surface area contributed by atoms with E-state index in [2.05, 4.69) is 10.3 Å². The fraction of sp³-hybridized carbons (Fsp3) is 0.500. The molecule has 2 aliphatic rings. The van der Waals surface area contributed by atoms with Crippen molar-refractivity contribution in [2.75, 3.05) is 33.9 Å². The first kappa shape index (κ1) is 21.2. The van der Waals surface area contributed by atoms with Gasteiger partial charge in [-0.15, -0.1) is 0 Å². The number of furan rings is 1. The van der Waals surface area contributed by atoms with Crippen molar-refractivity contribution in [1.29, 1.82) is 0 Å². The monoisotopic (exact) mass is 429 g/mol. The summed E-state index contributed by atoms with van der Waals surface area (Å²) < 4.78 is 21.6. The summed E-state index contributed by atoms with van der Waals surface area (Å²) in [6, 6.07) is 4.94.